The second-order valence-electron chi connectivity index (χ2n) is 25.0. The predicted octanol–water partition coefficient (Wildman–Crippen LogP) is 14.6. The summed E-state index contributed by atoms with van der Waals surface area (Å²) in [5.74, 6) is 0. The maximum Gasteiger partial charge on any atom is 0.252 e. The zero-order valence-electron chi connectivity index (χ0n) is 43.5. The van der Waals surface area contributed by atoms with Crippen molar-refractivity contribution < 1.29 is 8.98 Å². The zero-order chi connectivity index (χ0) is 48.9. The van der Waals surface area contributed by atoms with E-state index in [0.717, 1.165) is 44.3 Å². The number of furan rings is 1. The van der Waals surface area contributed by atoms with Crippen LogP contribution >= 0.6 is 0 Å². The normalized spacial score (nSPS) is 13.8. The van der Waals surface area contributed by atoms with Gasteiger partial charge in [-0.25, -0.2) is 4.57 Å². The van der Waals surface area contributed by atoms with E-state index >= 15 is 0 Å². The van der Waals surface area contributed by atoms with Gasteiger partial charge in [0.05, 0.1) is 16.6 Å². The molecule has 2 aliphatic rings. The van der Waals surface area contributed by atoms with Crippen LogP contribution in [0, 0.1) is 6.92 Å². The van der Waals surface area contributed by atoms with E-state index in [-0.39, 0.29) is 28.4 Å². The largest absolute Gasteiger partial charge is 0.454 e. The van der Waals surface area contributed by atoms with Crippen LogP contribution in [0.4, 0.5) is 0 Å². The van der Waals surface area contributed by atoms with Crippen LogP contribution in [0.3, 0.4) is 0 Å². The second kappa shape index (κ2) is 13.9. The molecule has 6 heterocycles. The van der Waals surface area contributed by atoms with Gasteiger partial charge in [0, 0.05) is 72.4 Å². The van der Waals surface area contributed by atoms with Crippen molar-refractivity contribution in [3.63, 3.8) is 0 Å². The van der Waals surface area contributed by atoms with E-state index in [4.69, 9.17) is 4.42 Å². The summed E-state index contributed by atoms with van der Waals surface area (Å²) in [5, 5.41) is 7.56. The van der Waals surface area contributed by atoms with Crippen LogP contribution in [0.1, 0.15) is 111 Å². The Morgan fingerprint density at radius 1 is 0.471 bits per heavy atom. The molecular weight excluding hydrogens is 850 g/mol. The van der Waals surface area contributed by atoms with Crippen molar-refractivity contribution in [2.75, 3.05) is 0 Å². The Bertz CT molecular complexity index is 3940. The van der Waals surface area contributed by atoms with E-state index in [0.29, 0.717) is 0 Å². The van der Waals surface area contributed by atoms with Crippen molar-refractivity contribution in [2.24, 2.45) is 7.05 Å². The van der Waals surface area contributed by atoms with Gasteiger partial charge in [0.15, 0.2) is 6.20 Å². The SMILES string of the molecule is Cc1ccc2c(oc3c(-c4cc5c6c(c4)-n4c7ccc(C(C)(C)C)cc7c7cc(C(C)(C)C)cc(c74)B6c4cc(C(C)(C)C)cc6c7cc(C(C)(C)C)ccc7n-5c46)cccc32)c1-c1cccc[n+]1C. The molecule has 7 aromatic carbocycles. The number of nitrogens with zero attached hydrogens (tertiary/aromatic N) is 3. The molecule has 0 atom stereocenters. The van der Waals surface area contributed by atoms with Crippen molar-refractivity contribution in [3.8, 4) is 33.8 Å². The fourth-order valence-electron chi connectivity index (χ4n) is 12.3. The number of aryl methyl sites for hydroxylation is 2. The second-order valence-corrected chi connectivity index (χ2v) is 25.0. The number of pyridine rings is 1. The average Bonchev–Trinajstić information content (AvgIpc) is 3.96. The highest BCUT2D eigenvalue weighted by atomic mass is 16.3. The first-order valence-electron chi connectivity index (χ1n) is 25.4. The Hall–Kier alpha value is -6.85. The van der Waals surface area contributed by atoms with Crippen molar-refractivity contribution in [1.29, 1.82) is 0 Å². The third-order valence-electron chi connectivity index (χ3n) is 16.3. The third kappa shape index (κ3) is 5.93. The van der Waals surface area contributed by atoms with E-state index in [1.165, 1.54) is 99.2 Å². The highest BCUT2D eigenvalue weighted by molar-refractivity contribution is 7.00. The molecule has 346 valence electrons. The number of para-hydroxylation sites is 1. The molecule has 0 saturated heterocycles. The maximum absolute atomic E-state index is 7.30. The Morgan fingerprint density at radius 3 is 1.50 bits per heavy atom. The summed E-state index contributed by atoms with van der Waals surface area (Å²) < 4.78 is 14.8. The first-order valence-corrected chi connectivity index (χ1v) is 25.4. The molecule has 0 radical (unpaired) electrons. The average molecular weight is 913 g/mol. The molecule has 0 N–H and O–H groups in total. The van der Waals surface area contributed by atoms with E-state index in [1.807, 2.05) is 0 Å². The van der Waals surface area contributed by atoms with Crippen LogP contribution in [0.2, 0.25) is 0 Å². The summed E-state index contributed by atoms with van der Waals surface area (Å²) in [6.07, 6.45) is 2.12. The molecule has 13 rings (SSSR count). The van der Waals surface area contributed by atoms with Gasteiger partial charge in [-0.15, -0.1) is 0 Å². The number of hydrogen-bond donors (Lipinski definition) is 0. The van der Waals surface area contributed by atoms with E-state index in [2.05, 4.69) is 238 Å². The van der Waals surface area contributed by atoms with Crippen molar-refractivity contribution >= 4 is 88.7 Å². The fraction of sp³-hybridized carbons (Fsp3) is 0.277. The molecule has 4 nitrogen and oxygen atoms in total. The number of rotatable bonds is 2. The molecule has 5 heteroatoms. The van der Waals surface area contributed by atoms with Crippen LogP contribution in [-0.4, -0.2) is 15.8 Å². The summed E-state index contributed by atoms with van der Waals surface area (Å²) in [4.78, 5) is 0. The summed E-state index contributed by atoms with van der Waals surface area (Å²) in [6, 6.07) is 47.5. The first-order chi connectivity index (χ1) is 33.1. The summed E-state index contributed by atoms with van der Waals surface area (Å²) in [6.45, 7) is 30.5. The monoisotopic (exact) mass is 913 g/mol. The van der Waals surface area contributed by atoms with E-state index in [1.54, 1.807) is 0 Å². The Labute approximate surface area is 412 Å². The third-order valence-corrected chi connectivity index (χ3v) is 16.3. The lowest BCUT2D eigenvalue weighted by molar-refractivity contribution is -0.660. The highest BCUT2D eigenvalue weighted by Crippen LogP contribution is 2.46. The Morgan fingerprint density at radius 2 is 0.986 bits per heavy atom. The lowest BCUT2D eigenvalue weighted by Gasteiger charge is -2.36. The maximum atomic E-state index is 7.30. The molecule has 11 aromatic rings. The predicted molar refractivity (Wildman–Crippen MR) is 299 cm³/mol. The minimum Gasteiger partial charge on any atom is -0.454 e. The first kappa shape index (κ1) is 43.2. The van der Waals surface area contributed by atoms with Gasteiger partial charge in [-0.05, 0) is 133 Å². The Balaban J connectivity index is 1.22. The number of benzene rings is 7. The van der Waals surface area contributed by atoms with Gasteiger partial charge >= 0.3 is 0 Å². The molecule has 0 spiro atoms. The van der Waals surface area contributed by atoms with Crippen molar-refractivity contribution in [3.05, 3.63) is 155 Å². The van der Waals surface area contributed by atoms with Crippen LogP contribution in [0.25, 0.3) is 99.3 Å². The van der Waals surface area contributed by atoms with Gasteiger partial charge in [-0.1, -0.05) is 138 Å². The number of hydrogen-bond acceptors (Lipinski definition) is 1. The van der Waals surface area contributed by atoms with E-state index < -0.39 is 0 Å². The Kier molecular flexibility index (Phi) is 8.60. The zero-order valence-corrected chi connectivity index (χ0v) is 43.5. The van der Waals surface area contributed by atoms with Gasteiger partial charge in [-0.2, -0.15) is 0 Å². The number of aromatic nitrogens is 3. The summed E-state index contributed by atoms with van der Waals surface area (Å²) in [7, 11) is 2.12. The highest BCUT2D eigenvalue weighted by Gasteiger charge is 2.43. The molecule has 0 amide bonds. The van der Waals surface area contributed by atoms with Crippen LogP contribution < -0.4 is 21.0 Å². The minimum absolute atomic E-state index is 0.00499. The molecule has 2 aliphatic heterocycles. The fourth-order valence-corrected chi connectivity index (χ4v) is 12.3. The molecule has 0 fully saturated rings. The molecule has 4 aromatic heterocycles. The molecular formula is C65H63BN3O+. The summed E-state index contributed by atoms with van der Waals surface area (Å²) in [5.41, 5.74) is 24.6. The quantitative estimate of drug-likeness (QED) is 0.125. The van der Waals surface area contributed by atoms with Crippen LogP contribution in [0.5, 0.6) is 0 Å². The van der Waals surface area contributed by atoms with Gasteiger partial charge in [-0.3, -0.25) is 0 Å². The lowest BCUT2D eigenvalue weighted by Crippen LogP contribution is -2.59. The van der Waals surface area contributed by atoms with E-state index in [9.17, 15) is 0 Å². The molecule has 0 aliphatic carbocycles. The smallest absolute Gasteiger partial charge is 0.252 e. The molecule has 70 heavy (non-hydrogen) atoms. The van der Waals surface area contributed by atoms with Crippen molar-refractivity contribution in [2.45, 2.75) is 112 Å². The van der Waals surface area contributed by atoms with Crippen LogP contribution in [-0.2, 0) is 28.7 Å². The molecule has 0 unspecified atom stereocenters. The molecule has 0 saturated carbocycles. The van der Waals surface area contributed by atoms with Gasteiger partial charge in [0.1, 0.15) is 18.2 Å². The summed E-state index contributed by atoms with van der Waals surface area (Å²) >= 11 is 0. The van der Waals surface area contributed by atoms with Crippen LogP contribution in [0.15, 0.2) is 132 Å². The lowest BCUT2D eigenvalue weighted by atomic mass is 9.34. The standard InChI is InChI=1S/C65H63BN3O/c1-36-21-24-44-43-19-17-18-42(60(43)70-61(44)56(36)53-20-15-16-27-67(53)14)37-28-54-57-55(29-37)69-52-26-23-39(63(5,6)7)31-46(52)48-33-41(65(11,12)13)35-50(59(48)69)66(57)49-34-40(64(8,9)10)32-47-45-30-38(62(2,3)4)22-25-51(45)68(54)58(47)49/h15-35H,1-14H3/q+1. The minimum atomic E-state index is -0.0647. The van der Waals surface area contributed by atoms with Gasteiger partial charge in [0.25, 0.3) is 6.71 Å². The topological polar surface area (TPSA) is 26.9 Å². The number of fused-ring (bicyclic) bond motifs is 13. The van der Waals surface area contributed by atoms with Crippen molar-refractivity contribution in [1.82, 2.24) is 9.13 Å². The molecule has 0 bridgehead atoms. The van der Waals surface area contributed by atoms with Gasteiger partial charge < -0.3 is 13.6 Å². The van der Waals surface area contributed by atoms with Gasteiger partial charge in [0.2, 0.25) is 5.69 Å².